The number of rotatable bonds is 8. The van der Waals surface area contributed by atoms with Crippen LogP contribution in [0.2, 0.25) is 19.6 Å². The van der Waals surface area contributed by atoms with Crippen LogP contribution in [0, 0.1) is 12.1 Å². The number of furan rings is 1. The van der Waals surface area contributed by atoms with E-state index in [9.17, 15) is 1.37 Å². The minimum atomic E-state index is -1.65. The van der Waals surface area contributed by atoms with Crippen LogP contribution >= 0.6 is 0 Å². The van der Waals surface area contributed by atoms with Crippen LogP contribution in [0.1, 0.15) is 64.5 Å². The molecule has 0 fully saturated rings. The molecule has 0 aliphatic heterocycles. The van der Waals surface area contributed by atoms with Gasteiger partial charge < -0.3 is 14.0 Å². The molecule has 10 aromatic rings. The molecule has 0 aliphatic rings. The van der Waals surface area contributed by atoms with Crippen molar-refractivity contribution in [2.75, 3.05) is 0 Å². The first kappa shape index (κ1) is 44.0. The van der Waals surface area contributed by atoms with Crippen molar-refractivity contribution >= 4 is 46.2 Å². The minimum absolute atomic E-state index is 0. The fraction of sp³-hybridized carbons (Fsp3) is 0.186. The molecule has 0 spiro atoms. The van der Waals surface area contributed by atoms with E-state index in [-0.39, 0.29) is 31.4 Å². The molecule has 0 bridgehead atoms. The Bertz CT molecular complexity index is 3270. The standard InChI is InChI=1S/C35H27N2O.C24H28NSi.Ir/c1-35(2,3)24-20-21-30(28(22-24)23-12-5-4-6-13-23)37-31-18-9-8-17-29(31)36-34(37)27-16-11-15-26-25-14-7-10-19-32(25)38-33(26)27;1-18(20-12-8-6-9-13-20)19(2)22-16-23(21-14-10-7-11-15-21)25-17-24(22)26(3,4)5;/h4-15,17-22H,1-3H3;6-14,16-19H,1-5H3;/q2*-1;/i;19D;. The van der Waals surface area contributed by atoms with E-state index in [1.807, 2.05) is 73.8 Å². The normalized spacial score (nSPS) is 13.4. The fourth-order valence-electron chi connectivity index (χ4n) is 8.64. The Kier molecular flexibility index (Phi) is 12.7. The molecule has 3 heterocycles. The van der Waals surface area contributed by atoms with Gasteiger partial charge in [0, 0.05) is 44.3 Å². The largest absolute Gasteiger partial charge is 0.501 e. The maximum Gasteiger partial charge on any atom is 0.120 e. The summed E-state index contributed by atoms with van der Waals surface area (Å²) in [4.78, 5) is 9.90. The van der Waals surface area contributed by atoms with E-state index in [1.165, 1.54) is 27.4 Å². The van der Waals surface area contributed by atoms with Gasteiger partial charge in [0.25, 0.3) is 0 Å². The van der Waals surface area contributed by atoms with Crippen LogP contribution in [0.25, 0.3) is 72.4 Å². The van der Waals surface area contributed by atoms with Crippen molar-refractivity contribution in [3.8, 4) is 39.5 Å². The molecule has 327 valence electrons. The van der Waals surface area contributed by atoms with Gasteiger partial charge in [0.05, 0.1) is 30.5 Å². The fourth-order valence-corrected chi connectivity index (χ4v) is 10.2. The Morgan fingerprint density at radius 2 is 1.40 bits per heavy atom. The zero-order chi connectivity index (χ0) is 45.5. The summed E-state index contributed by atoms with van der Waals surface area (Å²) in [5, 5.41) is 3.43. The van der Waals surface area contributed by atoms with Gasteiger partial charge in [-0.3, -0.25) is 4.98 Å². The number of nitrogens with zero attached hydrogens (tertiary/aromatic N) is 3. The third-order valence-corrected chi connectivity index (χ3v) is 14.4. The predicted molar refractivity (Wildman–Crippen MR) is 272 cm³/mol. The summed E-state index contributed by atoms with van der Waals surface area (Å²) in [6.45, 7) is 17.9. The van der Waals surface area contributed by atoms with Gasteiger partial charge >= 0.3 is 0 Å². The number of pyridine rings is 1. The molecule has 7 aromatic carbocycles. The Labute approximate surface area is 400 Å². The number of hydrogen-bond donors (Lipinski definition) is 0. The van der Waals surface area contributed by atoms with E-state index in [1.54, 1.807) is 0 Å². The van der Waals surface area contributed by atoms with E-state index in [2.05, 4.69) is 173 Å². The molecule has 2 atom stereocenters. The van der Waals surface area contributed by atoms with E-state index in [0.717, 1.165) is 66.9 Å². The van der Waals surface area contributed by atoms with Crippen molar-refractivity contribution < 1.29 is 25.9 Å². The zero-order valence-electron chi connectivity index (χ0n) is 39.4. The average molecular weight is 1040 g/mol. The van der Waals surface area contributed by atoms with E-state index < -0.39 is 14.0 Å². The molecule has 65 heavy (non-hydrogen) atoms. The molecule has 6 heteroatoms. The zero-order valence-corrected chi connectivity index (χ0v) is 41.8. The van der Waals surface area contributed by atoms with Gasteiger partial charge in [-0.15, -0.1) is 54.1 Å². The molecule has 0 amide bonds. The molecule has 0 saturated carbocycles. The summed E-state index contributed by atoms with van der Waals surface area (Å²) in [5.74, 6) is 0.143. The summed E-state index contributed by atoms with van der Waals surface area (Å²) in [6.07, 6.45) is 2.02. The first-order valence-electron chi connectivity index (χ1n) is 22.7. The number of imidazole rings is 1. The number of benzene rings is 7. The molecule has 1 radical (unpaired) electrons. The summed E-state index contributed by atoms with van der Waals surface area (Å²) in [6, 6.07) is 65.1. The Morgan fingerprint density at radius 1 is 0.708 bits per heavy atom. The molecule has 10 rings (SSSR count). The van der Waals surface area contributed by atoms with Crippen molar-refractivity contribution in [2.45, 2.75) is 71.5 Å². The van der Waals surface area contributed by atoms with Crippen molar-refractivity contribution in [1.29, 1.82) is 0 Å². The van der Waals surface area contributed by atoms with Crippen LogP contribution in [0.3, 0.4) is 0 Å². The van der Waals surface area contributed by atoms with Gasteiger partial charge in [0.15, 0.2) is 0 Å². The van der Waals surface area contributed by atoms with Crippen LogP contribution in [0.5, 0.6) is 0 Å². The molecular weight excluding hydrogens is 987 g/mol. The van der Waals surface area contributed by atoms with Crippen LogP contribution in [-0.2, 0) is 25.5 Å². The number of hydrogen-bond acceptors (Lipinski definition) is 3. The quantitative estimate of drug-likeness (QED) is 0.113. The van der Waals surface area contributed by atoms with Gasteiger partial charge in [-0.05, 0) is 75.1 Å². The van der Waals surface area contributed by atoms with Gasteiger partial charge in [0.2, 0.25) is 0 Å². The first-order chi connectivity index (χ1) is 31.2. The molecule has 4 nitrogen and oxygen atoms in total. The van der Waals surface area contributed by atoms with Crippen molar-refractivity contribution in [3.05, 3.63) is 205 Å². The van der Waals surface area contributed by atoms with Crippen LogP contribution < -0.4 is 5.19 Å². The second kappa shape index (κ2) is 18.7. The SMILES string of the molecule is CC(C)(C)c1ccc(-n2c(-c3[c-]ccc4c3oc3ccccc34)nc3ccccc32)c(-c2ccccc2)c1.[2H]C(C)(c1cc(-c2[c-]cccc2)ncc1[Si](C)(C)C)C(C)c1ccccc1.[Ir]. The summed E-state index contributed by atoms with van der Waals surface area (Å²) >= 11 is 0. The Morgan fingerprint density at radius 3 is 2.12 bits per heavy atom. The van der Waals surface area contributed by atoms with Crippen LogP contribution in [-0.4, -0.2) is 22.6 Å². The first-order valence-corrected chi connectivity index (χ1v) is 25.7. The number of para-hydroxylation sites is 3. The monoisotopic (exact) mass is 1040 g/mol. The van der Waals surface area contributed by atoms with Crippen molar-refractivity contribution in [1.82, 2.24) is 14.5 Å². The molecule has 3 aromatic heterocycles. The Balaban J connectivity index is 0.000000188. The molecular formula is C59H55IrN3OSi-2. The third kappa shape index (κ3) is 9.22. The summed E-state index contributed by atoms with van der Waals surface area (Å²) in [5.41, 5.74) is 13.4. The Hall–Kier alpha value is -6.17. The molecule has 2 unspecified atom stereocenters. The second-order valence-corrected chi connectivity index (χ2v) is 23.8. The van der Waals surface area contributed by atoms with Crippen LogP contribution in [0.15, 0.2) is 180 Å². The van der Waals surface area contributed by atoms with Crippen LogP contribution in [0.4, 0.5) is 0 Å². The van der Waals surface area contributed by atoms with Gasteiger partial charge in [0.1, 0.15) is 5.58 Å². The maximum absolute atomic E-state index is 9.37. The van der Waals surface area contributed by atoms with Crippen molar-refractivity contribution in [2.24, 2.45) is 0 Å². The summed E-state index contributed by atoms with van der Waals surface area (Å²) in [7, 11) is -1.65. The van der Waals surface area contributed by atoms with Crippen molar-refractivity contribution in [3.63, 3.8) is 0 Å². The number of aromatic nitrogens is 3. The van der Waals surface area contributed by atoms with E-state index >= 15 is 0 Å². The van der Waals surface area contributed by atoms with Gasteiger partial charge in [-0.25, -0.2) is 0 Å². The molecule has 0 aliphatic carbocycles. The van der Waals surface area contributed by atoms with E-state index in [4.69, 9.17) is 14.4 Å². The predicted octanol–water partition coefficient (Wildman–Crippen LogP) is 15.4. The minimum Gasteiger partial charge on any atom is -0.501 e. The smallest absolute Gasteiger partial charge is 0.120 e. The van der Waals surface area contributed by atoms with E-state index in [0.29, 0.717) is 0 Å². The topological polar surface area (TPSA) is 43.9 Å². The second-order valence-electron chi connectivity index (χ2n) is 18.8. The molecule has 0 N–H and O–H groups in total. The van der Waals surface area contributed by atoms with Gasteiger partial charge in [-0.2, -0.15) is 0 Å². The average Bonchev–Trinajstić information content (AvgIpc) is 3.90. The molecule has 0 saturated heterocycles. The maximum atomic E-state index is 9.37. The third-order valence-electron chi connectivity index (χ3n) is 12.4. The van der Waals surface area contributed by atoms with Gasteiger partial charge in [-0.1, -0.05) is 174 Å². The summed E-state index contributed by atoms with van der Waals surface area (Å²) < 4.78 is 18.1. The number of fused-ring (bicyclic) bond motifs is 4.